The molecule has 1 nitrogen and oxygen atoms in total. The molecule has 1 aliphatic carbocycles. The first-order valence-electron chi connectivity index (χ1n) is 7.47. The number of hydrogen-bond donors (Lipinski definition) is 1. The van der Waals surface area contributed by atoms with Gasteiger partial charge in [-0.3, -0.25) is 0 Å². The van der Waals surface area contributed by atoms with Gasteiger partial charge in [0.2, 0.25) is 0 Å². The molecule has 112 valence electrons. The highest BCUT2D eigenvalue weighted by molar-refractivity contribution is 6.31. The second kappa shape index (κ2) is 5.65. The first-order chi connectivity index (χ1) is 9.22. The molecule has 1 aromatic rings. The van der Waals surface area contributed by atoms with Crippen LogP contribution in [0.5, 0.6) is 0 Å². The monoisotopic (exact) mass is 297 g/mol. The summed E-state index contributed by atoms with van der Waals surface area (Å²) in [6.07, 6.45) is 5.09. The van der Waals surface area contributed by atoms with Gasteiger partial charge in [-0.2, -0.15) is 0 Å². The van der Waals surface area contributed by atoms with Gasteiger partial charge in [0.1, 0.15) is 5.82 Å². The minimum atomic E-state index is -0.487. The molecule has 0 aliphatic heterocycles. The van der Waals surface area contributed by atoms with E-state index >= 15 is 0 Å². The van der Waals surface area contributed by atoms with Gasteiger partial charge in [-0.25, -0.2) is 4.39 Å². The summed E-state index contributed by atoms with van der Waals surface area (Å²) >= 11 is 6.25. The van der Waals surface area contributed by atoms with Crippen molar-refractivity contribution >= 4 is 11.6 Å². The van der Waals surface area contributed by atoms with Crippen molar-refractivity contribution in [3.05, 3.63) is 34.6 Å². The van der Waals surface area contributed by atoms with Crippen molar-refractivity contribution in [1.82, 2.24) is 0 Å². The molecule has 2 unspecified atom stereocenters. The summed E-state index contributed by atoms with van der Waals surface area (Å²) in [5.74, 6) is 0.408. The fourth-order valence-corrected chi connectivity index (χ4v) is 3.69. The lowest BCUT2D eigenvalue weighted by atomic mass is 9.75. The Morgan fingerprint density at radius 1 is 1.25 bits per heavy atom. The minimum Gasteiger partial charge on any atom is -0.321 e. The summed E-state index contributed by atoms with van der Waals surface area (Å²) in [6, 6.07) is 4.52. The van der Waals surface area contributed by atoms with E-state index in [0.29, 0.717) is 16.4 Å². The van der Waals surface area contributed by atoms with E-state index in [1.807, 2.05) is 0 Å². The Kier molecular flexibility index (Phi) is 4.46. The fourth-order valence-electron chi connectivity index (χ4n) is 3.38. The van der Waals surface area contributed by atoms with Crippen LogP contribution < -0.4 is 5.73 Å². The third-order valence-electron chi connectivity index (χ3n) is 4.80. The van der Waals surface area contributed by atoms with E-state index in [1.54, 1.807) is 6.07 Å². The Morgan fingerprint density at radius 3 is 2.60 bits per heavy atom. The molecule has 20 heavy (non-hydrogen) atoms. The lowest BCUT2D eigenvalue weighted by molar-refractivity contribution is 0.211. The van der Waals surface area contributed by atoms with Crippen LogP contribution in [0.3, 0.4) is 0 Å². The zero-order chi connectivity index (χ0) is 15.0. The van der Waals surface area contributed by atoms with Crippen LogP contribution in [0.4, 0.5) is 4.39 Å². The summed E-state index contributed by atoms with van der Waals surface area (Å²) in [5.41, 5.74) is 7.19. The van der Waals surface area contributed by atoms with Crippen molar-refractivity contribution in [3.63, 3.8) is 0 Å². The minimum absolute atomic E-state index is 0.258. The van der Waals surface area contributed by atoms with Gasteiger partial charge in [0.15, 0.2) is 0 Å². The topological polar surface area (TPSA) is 26.0 Å². The smallest absolute Gasteiger partial charge is 0.123 e. The molecule has 2 atom stereocenters. The van der Waals surface area contributed by atoms with Gasteiger partial charge in [0, 0.05) is 10.6 Å². The molecule has 1 fully saturated rings. The summed E-state index contributed by atoms with van der Waals surface area (Å²) in [7, 11) is 0. The van der Waals surface area contributed by atoms with E-state index in [0.717, 1.165) is 31.2 Å². The van der Waals surface area contributed by atoms with Crippen LogP contribution in [0.2, 0.25) is 5.02 Å². The maximum Gasteiger partial charge on any atom is 0.123 e. The Hall–Kier alpha value is -0.600. The van der Waals surface area contributed by atoms with Gasteiger partial charge < -0.3 is 5.73 Å². The van der Waals surface area contributed by atoms with Crippen molar-refractivity contribution in [2.75, 3.05) is 0 Å². The van der Waals surface area contributed by atoms with Gasteiger partial charge >= 0.3 is 0 Å². The lowest BCUT2D eigenvalue weighted by Crippen LogP contribution is -2.36. The second-order valence-electron chi connectivity index (χ2n) is 7.27. The molecular weight excluding hydrogens is 273 g/mol. The number of halogens is 2. The molecule has 2 N–H and O–H groups in total. The summed E-state index contributed by atoms with van der Waals surface area (Å²) in [6.45, 7) is 6.86. The van der Waals surface area contributed by atoms with Gasteiger partial charge in [-0.05, 0) is 60.8 Å². The molecule has 2 rings (SSSR count). The average Bonchev–Trinajstić information content (AvgIpc) is 2.55. The molecule has 3 heteroatoms. The highest BCUT2D eigenvalue weighted by Gasteiger charge is 2.36. The third-order valence-corrected chi connectivity index (χ3v) is 5.13. The Bertz CT molecular complexity index is 480. The summed E-state index contributed by atoms with van der Waals surface area (Å²) in [5, 5.41) is 0.586. The van der Waals surface area contributed by atoms with E-state index in [-0.39, 0.29) is 5.82 Å². The van der Waals surface area contributed by atoms with Gasteiger partial charge in [-0.15, -0.1) is 0 Å². The van der Waals surface area contributed by atoms with Gasteiger partial charge in [0.25, 0.3) is 0 Å². The van der Waals surface area contributed by atoms with Gasteiger partial charge in [-0.1, -0.05) is 38.8 Å². The molecular formula is C17H25ClFN. The fraction of sp³-hybridized carbons (Fsp3) is 0.647. The van der Waals surface area contributed by atoms with E-state index in [1.165, 1.54) is 18.6 Å². The highest BCUT2D eigenvalue weighted by atomic mass is 35.5. The normalized spacial score (nSPS) is 28.2. The van der Waals surface area contributed by atoms with E-state index in [9.17, 15) is 4.39 Å². The van der Waals surface area contributed by atoms with Crippen molar-refractivity contribution < 1.29 is 4.39 Å². The lowest BCUT2D eigenvalue weighted by Gasteiger charge is -2.32. The molecule has 0 radical (unpaired) electrons. The summed E-state index contributed by atoms with van der Waals surface area (Å²) < 4.78 is 13.5. The molecule has 0 bridgehead atoms. The predicted molar refractivity (Wildman–Crippen MR) is 83.3 cm³/mol. The Balaban J connectivity index is 2.25. The van der Waals surface area contributed by atoms with Crippen LogP contribution in [0, 0.1) is 17.2 Å². The number of hydrogen-bond acceptors (Lipinski definition) is 1. The van der Waals surface area contributed by atoms with Crippen molar-refractivity contribution in [2.24, 2.45) is 17.1 Å². The molecule has 0 amide bonds. The van der Waals surface area contributed by atoms with E-state index < -0.39 is 5.54 Å². The number of benzene rings is 1. The predicted octanol–water partition coefficient (Wildman–Crippen LogP) is 5.26. The van der Waals surface area contributed by atoms with Crippen LogP contribution in [0.15, 0.2) is 18.2 Å². The maximum absolute atomic E-state index is 13.5. The molecule has 1 aliphatic rings. The molecule has 0 heterocycles. The first-order valence-corrected chi connectivity index (χ1v) is 7.84. The van der Waals surface area contributed by atoms with Crippen LogP contribution >= 0.6 is 11.6 Å². The quantitative estimate of drug-likeness (QED) is 0.703. The average molecular weight is 298 g/mol. The first kappa shape index (κ1) is 15.8. The zero-order valence-corrected chi connectivity index (χ0v) is 13.4. The number of rotatable bonds is 1. The molecule has 0 aromatic heterocycles. The second-order valence-corrected chi connectivity index (χ2v) is 7.68. The molecule has 0 spiro atoms. The van der Waals surface area contributed by atoms with Crippen LogP contribution in [0.25, 0.3) is 0 Å². The standard InChI is InChI=1S/C17H25ClFN/c1-16(2,3)12-5-4-9-17(20,10-8-12)14-11-13(19)6-7-15(14)18/h6-7,11-12H,4-5,8-10,20H2,1-3H3. The van der Waals surface area contributed by atoms with Crippen molar-refractivity contribution in [2.45, 2.75) is 58.4 Å². The van der Waals surface area contributed by atoms with Gasteiger partial charge in [0.05, 0.1) is 0 Å². The van der Waals surface area contributed by atoms with Crippen LogP contribution in [0.1, 0.15) is 58.4 Å². The molecule has 0 saturated heterocycles. The zero-order valence-electron chi connectivity index (χ0n) is 12.7. The van der Waals surface area contributed by atoms with Crippen molar-refractivity contribution in [3.8, 4) is 0 Å². The largest absolute Gasteiger partial charge is 0.321 e. The van der Waals surface area contributed by atoms with Crippen LogP contribution in [-0.4, -0.2) is 0 Å². The Morgan fingerprint density at radius 2 is 1.95 bits per heavy atom. The third kappa shape index (κ3) is 3.35. The number of nitrogens with two attached hydrogens (primary N) is 1. The Labute approximate surface area is 126 Å². The van der Waals surface area contributed by atoms with E-state index in [2.05, 4.69) is 20.8 Å². The SMILES string of the molecule is CC(C)(C)C1CCCC(N)(c2cc(F)ccc2Cl)CC1. The highest BCUT2D eigenvalue weighted by Crippen LogP contribution is 2.43. The maximum atomic E-state index is 13.5. The van der Waals surface area contributed by atoms with Crippen molar-refractivity contribution in [1.29, 1.82) is 0 Å². The molecule has 1 aromatic carbocycles. The van der Waals surface area contributed by atoms with Crippen LogP contribution in [-0.2, 0) is 5.54 Å². The summed E-state index contributed by atoms with van der Waals surface area (Å²) in [4.78, 5) is 0. The molecule has 1 saturated carbocycles. The van der Waals surface area contributed by atoms with E-state index in [4.69, 9.17) is 17.3 Å².